The number of benzene rings is 2. The van der Waals surface area contributed by atoms with Crippen LogP contribution in [0, 0.1) is 6.92 Å². The third-order valence-corrected chi connectivity index (χ3v) is 4.63. The van der Waals surface area contributed by atoms with Gasteiger partial charge in [0.1, 0.15) is 22.9 Å². The predicted molar refractivity (Wildman–Crippen MR) is 142 cm³/mol. The van der Waals surface area contributed by atoms with Gasteiger partial charge >= 0.3 is 5.97 Å². The third-order valence-electron chi connectivity index (χ3n) is 4.63. The molecule has 3 rings (SSSR count). The van der Waals surface area contributed by atoms with Crippen molar-refractivity contribution in [1.82, 2.24) is 9.97 Å². The Morgan fingerprint density at radius 3 is 2.36 bits per heavy atom. The maximum atomic E-state index is 12.5. The molecule has 1 heterocycles. The molecule has 0 aliphatic carbocycles. The minimum atomic E-state index is -0.846. The van der Waals surface area contributed by atoms with Crippen LogP contribution in [0.1, 0.15) is 39.0 Å². The van der Waals surface area contributed by atoms with Gasteiger partial charge in [-0.3, -0.25) is 0 Å². The topological polar surface area (TPSA) is 158 Å². The predicted octanol–water partition coefficient (Wildman–Crippen LogP) is 4.20. The quantitative estimate of drug-likeness (QED) is 0.145. The summed E-state index contributed by atoms with van der Waals surface area (Å²) in [7, 11) is 0. The molecule has 1 aromatic heterocycles. The van der Waals surface area contributed by atoms with Crippen molar-refractivity contribution in [1.29, 1.82) is 0 Å². The molecule has 10 heteroatoms. The van der Waals surface area contributed by atoms with E-state index in [1.165, 1.54) is 0 Å². The number of esters is 1. The second-order valence-electron chi connectivity index (χ2n) is 7.00. The van der Waals surface area contributed by atoms with Gasteiger partial charge in [0.05, 0.1) is 24.4 Å². The van der Waals surface area contributed by atoms with Gasteiger partial charge in [-0.1, -0.05) is 44.2 Å². The molecule has 0 radical (unpaired) electrons. The van der Waals surface area contributed by atoms with Crippen molar-refractivity contribution >= 4 is 40.4 Å². The van der Waals surface area contributed by atoms with Crippen LogP contribution in [0.15, 0.2) is 64.1 Å². The lowest BCUT2D eigenvalue weighted by Gasteiger charge is -2.10. The Balaban J connectivity index is 0.00000222. The number of amidine groups is 1. The summed E-state index contributed by atoms with van der Waals surface area (Å²) in [5.74, 6) is -1.12. The molecule has 0 saturated carbocycles. The van der Waals surface area contributed by atoms with Crippen molar-refractivity contribution in [3.63, 3.8) is 0 Å². The zero-order valence-electron chi connectivity index (χ0n) is 21.1. The van der Waals surface area contributed by atoms with E-state index in [1.807, 2.05) is 33.8 Å². The summed E-state index contributed by atoms with van der Waals surface area (Å²) >= 11 is 0. The first-order chi connectivity index (χ1) is 17.3. The summed E-state index contributed by atoms with van der Waals surface area (Å²) in [6.07, 6.45) is 0. The first kappa shape index (κ1) is 27.8. The van der Waals surface area contributed by atoms with Crippen LogP contribution in [0.2, 0.25) is 0 Å². The molecule has 0 fully saturated rings. The molecule has 0 aliphatic rings. The Kier molecular flexibility index (Phi) is 10.4. The number of carbonyl (C=O) groups is 1. The first-order valence-electron chi connectivity index (χ1n) is 11.6. The lowest BCUT2D eigenvalue weighted by molar-refractivity contribution is -0.137. The molecule has 2 aromatic carbocycles. The summed E-state index contributed by atoms with van der Waals surface area (Å²) in [4.78, 5) is 29.3. The summed E-state index contributed by atoms with van der Waals surface area (Å²) in [6.45, 7) is 9.98. The number of nitrogens with two attached hydrogens (primary N) is 2. The van der Waals surface area contributed by atoms with Crippen LogP contribution < -0.4 is 16.2 Å². The minimum absolute atomic E-state index is 0.0668. The molecule has 0 unspecified atom stereocenters. The Bertz CT molecular complexity index is 1290. The molecule has 36 heavy (non-hydrogen) atoms. The van der Waals surface area contributed by atoms with Gasteiger partial charge in [0.25, 0.3) is 5.95 Å². The number of carbonyl (C=O) groups excluding carboxylic acids is 1. The van der Waals surface area contributed by atoms with Gasteiger partial charge in [-0.15, -0.1) is 0 Å². The Morgan fingerprint density at radius 2 is 1.72 bits per heavy atom. The van der Waals surface area contributed by atoms with Crippen LogP contribution in [0.3, 0.4) is 0 Å². The maximum absolute atomic E-state index is 12.5. The van der Waals surface area contributed by atoms with Crippen LogP contribution in [0.25, 0.3) is 16.7 Å². The van der Waals surface area contributed by atoms with Crippen molar-refractivity contribution in [2.24, 2.45) is 21.5 Å². The number of aliphatic hydroxyl groups is 1. The lowest BCUT2D eigenvalue weighted by Crippen LogP contribution is -2.27. The Hall–Kier alpha value is -4.47. The highest BCUT2D eigenvalue weighted by atomic mass is 16.5. The number of aromatic nitrogens is 2. The van der Waals surface area contributed by atoms with Gasteiger partial charge in [-0.05, 0) is 39.0 Å². The van der Waals surface area contributed by atoms with E-state index in [0.29, 0.717) is 29.1 Å². The normalized spacial score (nSPS) is 12.4. The molecule has 190 valence electrons. The standard InChI is InChI=1S/C24H26N6O4.C2H6/c1-4-33-16-11-12-18-17(13-16)14(3)27-24(28-18)30-23(26)29-21(25)19(22(32)34-5-2)20(31)15-9-7-6-8-10-15;1-2/h6-13,31H,4-5H2,1-3H3,(H4,25,26,27,28,29,30);1-2H3/b20-19+;. The van der Waals surface area contributed by atoms with E-state index in [9.17, 15) is 9.90 Å². The number of aryl methyl sites for hydroxylation is 1. The van der Waals surface area contributed by atoms with Crippen molar-refractivity contribution in [3.8, 4) is 5.75 Å². The molecular formula is C26H32N6O4. The number of guanidine groups is 1. The average molecular weight is 493 g/mol. The van der Waals surface area contributed by atoms with Crippen molar-refractivity contribution in [2.45, 2.75) is 34.6 Å². The zero-order chi connectivity index (χ0) is 26.7. The molecule has 0 aliphatic heterocycles. The monoisotopic (exact) mass is 492 g/mol. The van der Waals surface area contributed by atoms with Gasteiger partial charge in [0.2, 0.25) is 5.96 Å². The van der Waals surface area contributed by atoms with E-state index >= 15 is 0 Å². The van der Waals surface area contributed by atoms with Crippen molar-refractivity contribution < 1.29 is 19.4 Å². The van der Waals surface area contributed by atoms with Crippen LogP contribution in [-0.2, 0) is 9.53 Å². The molecular weight excluding hydrogens is 460 g/mol. The number of aliphatic hydroxyl groups excluding tert-OH is 1. The number of ether oxygens (including phenoxy) is 2. The summed E-state index contributed by atoms with van der Waals surface area (Å²) in [6, 6.07) is 13.8. The van der Waals surface area contributed by atoms with Gasteiger partial charge in [-0.25, -0.2) is 14.8 Å². The van der Waals surface area contributed by atoms with E-state index < -0.39 is 11.7 Å². The molecule has 5 N–H and O–H groups in total. The number of nitrogens with zero attached hydrogens (tertiary/aromatic N) is 4. The van der Waals surface area contributed by atoms with Crippen LogP contribution in [0.4, 0.5) is 5.95 Å². The number of rotatable bonds is 7. The number of hydrogen-bond acceptors (Lipinski definition) is 7. The molecule has 0 saturated heterocycles. The van der Waals surface area contributed by atoms with E-state index in [4.69, 9.17) is 20.9 Å². The highest BCUT2D eigenvalue weighted by Gasteiger charge is 2.22. The summed E-state index contributed by atoms with van der Waals surface area (Å²) < 4.78 is 10.5. The van der Waals surface area contributed by atoms with Crippen molar-refractivity contribution in [3.05, 3.63) is 65.4 Å². The van der Waals surface area contributed by atoms with E-state index in [1.54, 1.807) is 49.4 Å². The van der Waals surface area contributed by atoms with Crippen molar-refractivity contribution in [2.75, 3.05) is 13.2 Å². The maximum Gasteiger partial charge on any atom is 0.345 e. The fourth-order valence-electron chi connectivity index (χ4n) is 3.12. The fraction of sp³-hybridized carbons (Fsp3) is 0.269. The molecule has 0 amide bonds. The second kappa shape index (κ2) is 13.4. The smallest absolute Gasteiger partial charge is 0.345 e. The van der Waals surface area contributed by atoms with Gasteiger partial charge < -0.3 is 26.0 Å². The molecule has 0 bridgehead atoms. The number of aliphatic imine (C=N–C) groups is 2. The lowest BCUT2D eigenvalue weighted by atomic mass is 10.1. The fourth-order valence-corrected chi connectivity index (χ4v) is 3.12. The van der Waals surface area contributed by atoms with E-state index in [0.717, 1.165) is 5.39 Å². The largest absolute Gasteiger partial charge is 0.506 e. The Labute approximate surface area is 210 Å². The van der Waals surface area contributed by atoms with Crippen LogP contribution in [0.5, 0.6) is 5.75 Å². The van der Waals surface area contributed by atoms with Crippen LogP contribution >= 0.6 is 0 Å². The van der Waals surface area contributed by atoms with Gasteiger partial charge in [-0.2, -0.15) is 9.98 Å². The average Bonchev–Trinajstić information content (AvgIpc) is 2.86. The summed E-state index contributed by atoms with van der Waals surface area (Å²) in [5.41, 5.74) is 13.3. The minimum Gasteiger partial charge on any atom is -0.506 e. The SMILES string of the molecule is CC.CCOC(=O)C(/C(N)=N\C(N)=N\c1nc(C)c2cc(OCC)ccc2n1)=C(/O)c1ccccc1. The van der Waals surface area contributed by atoms with Crippen LogP contribution in [-0.4, -0.2) is 46.1 Å². The highest BCUT2D eigenvalue weighted by molar-refractivity contribution is 6.24. The number of fused-ring (bicyclic) bond motifs is 1. The van der Waals surface area contributed by atoms with E-state index in [2.05, 4.69) is 20.0 Å². The molecule has 3 aromatic rings. The van der Waals surface area contributed by atoms with E-state index in [-0.39, 0.29) is 29.9 Å². The Morgan fingerprint density at radius 1 is 1.03 bits per heavy atom. The first-order valence-corrected chi connectivity index (χ1v) is 11.6. The summed E-state index contributed by atoms with van der Waals surface area (Å²) in [5, 5.41) is 11.5. The second-order valence-corrected chi connectivity index (χ2v) is 7.00. The zero-order valence-corrected chi connectivity index (χ0v) is 21.1. The third kappa shape index (κ3) is 7.02. The molecule has 0 atom stereocenters. The number of hydrogen-bond donors (Lipinski definition) is 3. The molecule has 10 nitrogen and oxygen atoms in total. The van der Waals surface area contributed by atoms with Gasteiger partial charge in [0, 0.05) is 10.9 Å². The highest BCUT2D eigenvalue weighted by Crippen LogP contribution is 2.24. The molecule has 0 spiro atoms. The van der Waals surface area contributed by atoms with Gasteiger partial charge in [0.15, 0.2) is 0 Å².